The van der Waals surface area contributed by atoms with Crippen molar-refractivity contribution in [3.8, 4) is 0 Å². The van der Waals surface area contributed by atoms with E-state index in [1.54, 1.807) is 0 Å². The second-order valence-corrected chi connectivity index (χ2v) is 3.94. The summed E-state index contributed by atoms with van der Waals surface area (Å²) in [6, 6.07) is 3.48. The molecule has 3 N–H and O–H groups in total. The third-order valence-corrected chi connectivity index (χ3v) is 2.63. The zero-order valence-corrected chi connectivity index (χ0v) is 10.5. The van der Waals surface area contributed by atoms with E-state index in [-0.39, 0.29) is 17.8 Å². The van der Waals surface area contributed by atoms with Crippen molar-refractivity contribution >= 4 is 11.6 Å². The van der Waals surface area contributed by atoms with Gasteiger partial charge in [-0.1, -0.05) is 6.07 Å². The normalized spacial score (nSPS) is 13.2. The van der Waals surface area contributed by atoms with Crippen LogP contribution in [-0.2, 0) is 22.3 Å². The molecule has 0 saturated heterocycles. The van der Waals surface area contributed by atoms with Crippen molar-refractivity contribution in [2.45, 2.75) is 25.7 Å². The molecule has 1 unspecified atom stereocenters. The number of anilines is 1. The van der Waals surface area contributed by atoms with E-state index in [0.717, 1.165) is 6.07 Å². The Balaban J connectivity index is 3.02. The van der Waals surface area contributed by atoms with Crippen LogP contribution in [-0.4, -0.2) is 19.1 Å². The lowest BCUT2D eigenvalue weighted by molar-refractivity contribution is -0.138. The number of amides is 1. The van der Waals surface area contributed by atoms with Crippen LogP contribution in [0.3, 0.4) is 0 Å². The molecule has 1 atom stereocenters. The van der Waals surface area contributed by atoms with Gasteiger partial charge in [0.2, 0.25) is 0 Å². The first kappa shape index (κ1) is 15.5. The molecule has 0 spiro atoms. The maximum atomic E-state index is 12.8. The second-order valence-electron chi connectivity index (χ2n) is 3.94. The summed E-state index contributed by atoms with van der Waals surface area (Å²) in [5.74, 6) is -0.517. The molecule has 0 saturated carbocycles. The van der Waals surface area contributed by atoms with E-state index in [1.807, 2.05) is 0 Å². The van der Waals surface area contributed by atoms with Crippen LogP contribution >= 0.6 is 0 Å². The van der Waals surface area contributed by atoms with Gasteiger partial charge in [0, 0.05) is 19.3 Å². The van der Waals surface area contributed by atoms with Gasteiger partial charge in [-0.2, -0.15) is 13.2 Å². The molecule has 1 rings (SSSR count). The van der Waals surface area contributed by atoms with Gasteiger partial charge in [0.1, 0.15) is 6.10 Å². The molecule has 0 aromatic heterocycles. The fourth-order valence-electron chi connectivity index (χ4n) is 1.45. The number of carbonyl (C=O) groups excluding carboxylic acids is 1. The van der Waals surface area contributed by atoms with Crippen molar-refractivity contribution in [1.29, 1.82) is 0 Å². The number of nitrogens with two attached hydrogens (primary N) is 1. The first-order valence-corrected chi connectivity index (χ1v) is 5.53. The highest BCUT2D eigenvalue weighted by Crippen LogP contribution is 2.33. The number of hydrogen-bond acceptors (Lipinski definition) is 3. The van der Waals surface area contributed by atoms with Crippen LogP contribution in [0.25, 0.3) is 0 Å². The Labute approximate surface area is 108 Å². The minimum absolute atomic E-state index is 0.0229. The fraction of sp³-hybridized carbons (Fsp3) is 0.417. The van der Waals surface area contributed by atoms with Crippen molar-refractivity contribution in [2.24, 2.45) is 5.73 Å². The highest BCUT2D eigenvalue weighted by Gasteiger charge is 2.33. The predicted octanol–water partition coefficient (Wildman–Crippen LogP) is 2.14. The molecule has 0 aliphatic carbocycles. The van der Waals surface area contributed by atoms with E-state index in [0.29, 0.717) is 0 Å². The number of hydrogen-bond donors (Lipinski definition) is 2. The lowest BCUT2D eigenvalue weighted by atomic mass is 10.1. The molecule has 7 heteroatoms. The standard InChI is InChI=1S/C12H15F3N2O2/c1-7(19-2)11(18)17-9-4-3-8(6-16)10(5-9)12(13,14)15/h3-5,7H,6,16H2,1-2H3,(H,17,18). The van der Waals surface area contributed by atoms with E-state index >= 15 is 0 Å². The molecule has 0 fully saturated rings. The predicted molar refractivity (Wildman–Crippen MR) is 64.4 cm³/mol. The molecule has 19 heavy (non-hydrogen) atoms. The number of rotatable bonds is 4. The van der Waals surface area contributed by atoms with Gasteiger partial charge < -0.3 is 15.8 Å². The summed E-state index contributed by atoms with van der Waals surface area (Å²) in [5, 5.41) is 2.35. The summed E-state index contributed by atoms with van der Waals surface area (Å²) in [6.07, 6.45) is -5.26. The Morgan fingerprint density at radius 1 is 1.47 bits per heavy atom. The SMILES string of the molecule is COC(C)C(=O)Nc1ccc(CN)c(C(F)(F)F)c1. The first-order chi connectivity index (χ1) is 8.79. The molecular weight excluding hydrogens is 261 g/mol. The van der Waals surface area contributed by atoms with Crippen LogP contribution in [0.1, 0.15) is 18.1 Å². The second kappa shape index (κ2) is 6.03. The smallest absolute Gasteiger partial charge is 0.372 e. The lowest BCUT2D eigenvalue weighted by Crippen LogP contribution is -2.26. The van der Waals surface area contributed by atoms with Gasteiger partial charge in [0.05, 0.1) is 5.56 Å². The Bertz CT molecular complexity index is 461. The zero-order valence-electron chi connectivity index (χ0n) is 10.5. The topological polar surface area (TPSA) is 64.3 Å². The summed E-state index contributed by atoms with van der Waals surface area (Å²) in [5.41, 5.74) is 4.44. The van der Waals surface area contributed by atoms with Gasteiger partial charge in [0.25, 0.3) is 5.91 Å². The summed E-state index contributed by atoms with van der Waals surface area (Å²) in [7, 11) is 1.34. The van der Waals surface area contributed by atoms with E-state index < -0.39 is 23.8 Å². The Morgan fingerprint density at radius 2 is 2.11 bits per heavy atom. The molecule has 1 aromatic rings. The van der Waals surface area contributed by atoms with Crippen LogP contribution < -0.4 is 11.1 Å². The average molecular weight is 276 g/mol. The number of carbonyl (C=O) groups is 1. The van der Waals surface area contributed by atoms with Crippen molar-refractivity contribution < 1.29 is 22.7 Å². The largest absolute Gasteiger partial charge is 0.416 e. The highest BCUT2D eigenvalue weighted by atomic mass is 19.4. The van der Waals surface area contributed by atoms with Crippen LogP contribution in [0.5, 0.6) is 0 Å². The molecule has 0 heterocycles. The zero-order chi connectivity index (χ0) is 14.6. The fourth-order valence-corrected chi connectivity index (χ4v) is 1.45. The quantitative estimate of drug-likeness (QED) is 0.885. The van der Waals surface area contributed by atoms with Gasteiger partial charge in [-0.25, -0.2) is 0 Å². The van der Waals surface area contributed by atoms with Crippen LogP contribution in [0, 0.1) is 0 Å². The number of halogens is 3. The van der Waals surface area contributed by atoms with Gasteiger partial charge in [-0.3, -0.25) is 4.79 Å². The minimum atomic E-state index is -4.51. The summed E-state index contributed by atoms with van der Waals surface area (Å²) in [4.78, 5) is 11.5. The average Bonchev–Trinajstić information content (AvgIpc) is 2.36. The van der Waals surface area contributed by atoms with Gasteiger partial charge in [-0.05, 0) is 24.6 Å². The number of methoxy groups -OCH3 is 1. The van der Waals surface area contributed by atoms with Gasteiger partial charge >= 0.3 is 6.18 Å². The Hall–Kier alpha value is -1.60. The number of alkyl halides is 3. The molecule has 0 radical (unpaired) electrons. The number of benzene rings is 1. The summed E-state index contributed by atoms with van der Waals surface area (Å²) < 4.78 is 43.1. The minimum Gasteiger partial charge on any atom is -0.372 e. The maximum absolute atomic E-state index is 12.8. The molecule has 1 aromatic carbocycles. The Morgan fingerprint density at radius 3 is 2.58 bits per heavy atom. The van der Waals surface area contributed by atoms with E-state index in [4.69, 9.17) is 10.5 Å². The molecular formula is C12H15F3N2O2. The highest BCUT2D eigenvalue weighted by molar-refractivity contribution is 5.94. The summed E-state index contributed by atoms with van der Waals surface area (Å²) >= 11 is 0. The molecule has 106 valence electrons. The molecule has 1 amide bonds. The first-order valence-electron chi connectivity index (χ1n) is 5.53. The molecule has 0 bridgehead atoms. The lowest BCUT2D eigenvalue weighted by Gasteiger charge is -2.15. The Kier molecular flexibility index (Phi) is 4.90. The van der Waals surface area contributed by atoms with E-state index in [2.05, 4.69) is 5.32 Å². The molecule has 0 aliphatic heterocycles. The number of nitrogens with one attached hydrogen (secondary N) is 1. The third kappa shape index (κ3) is 3.93. The van der Waals surface area contributed by atoms with Gasteiger partial charge in [0.15, 0.2) is 0 Å². The van der Waals surface area contributed by atoms with Crippen LogP contribution in [0.4, 0.5) is 18.9 Å². The van der Waals surface area contributed by atoms with E-state index in [1.165, 1.54) is 26.2 Å². The number of ether oxygens (including phenoxy) is 1. The maximum Gasteiger partial charge on any atom is 0.416 e. The van der Waals surface area contributed by atoms with Crippen molar-refractivity contribution in [3.05, 3.63) is 29.3 Å². The third-order valence-electron chi connectivity index (χ3n) is 2.63. The van der Waals surface area contributed by atoms with Crippen molar-refractivity contribution in [3.63, 3.8) is 0 Å². The van der Waals surface area contributed by atoms with Crippen LogP contribution in [0.2, 0.25) is 0 Å². The molecule has 4 nitrogen and oxygen atoms in total. The molecule has 0 aliphatic rings. The van der Waals surface area contributed by atoms with E-state index in [9.17, 15) is 18.0 Å². The van der Waals surface area contributed by atoms with Crippen molar-refractivity contribution in [1.82, 2.24) is 0 Å². The van der Waals surface area contributed by atoms with Gasteiger partial charge in [-0.15, -0.1) is 0 Å². The van der Waals surface area contributed by atoms with Crippen LogP contribution in [0.15, 0.2) is 18.2 Å². The monoisotopic (exact) mass is 276 g/mol. The van der Waals surface area contributed by atoms with Crippen molar-refractivity contribution in [2.75, 3.05) is 12.4 Å². The summed E-state index contributed by atoms with van der Waals surface area (Å²) in [6.45, 7) is 1.27.